The smallest absolute Gasteiger partial charge is 0.241 e. The zero-order valence-electron chi connectivity index (χ0n) is 11.5. The van der Waals surface area contributed by atoms with E-state index < -0.39 is 15.8 Å². The lowest BCUT2D eigenvalue weighted by atomic mass is 10.2. The summed E-state index contributed by atoms with van der Waals surface area (Å²) in [7, 11) is -3.74. The van der Waals surface area contributed by atoms with E-state index in [1.807, 2.05) is 18.2 Å². The Morgan fingerprint density at radius 1 is 1.14 bits per heavy atom. The molecule has 21 heavy (non-hydrogen) atoms. The van der Waals surface area contributed by atoms with Crippen molar-refractivity contribution in [3.63, 3.8) is 0 Å². The first kappa shape index (κ1) is 15.5. The van der Waals surface area contributed by atoms with Gasteiger partial charge in [0.1, 0.15) is 18.2 Å². The molecule has 0 heterocycles. The standard InChI is InChI=1S/C15H16FNO3S/c1-12-7-8-13(16)11-15(12)21(18,19)17-9-10-20-14-5-3-2-4-6-14/h2-8,11,17H,9-10H2,1H3. The number of sulfonamides is 1. The van der Waals surface area contributed by atoms with E-state index in [-0.39, 0.29) is 18.0 Å². The van der Waals surface area contributed by atoms with Crippen molar-refractivity contribution in [2.45, 2.75) is 11.8 Å². The molecule has 0 aliphatic rings. The summed E-state index contributed by atoms with van der Waals surface area (Å²) in [6, 6.07) is 12.8. The van der Waals surface area contributed by atoms with Gasteiger partial charge in [-0.25, -0.2) is 17.5 Å². The summed E-state index contributed by atoms with van der Waals surface area (Å²) in [5.74, 6) is 0.0835. The van der Waals surface area contributed by atoms with E-state index in [9.17, 15) is 12.8 Å². The first-order valence-corrected chi connectivity index (χ1v) is 7.91. The van der Waals surface area contributed by atoms with Crippen LogP contribution in [0.2, 0.25) is 0 Å². The molecule has 0 radical (unpaired) electrons. The largest absolute Gasteiger partial charge is 0.492 e. The van der Waals surface area contributed by atoms with Crippen LogP contribution in [-0.2, 0) is 10.0 Å². The summed E-state index contributed by atoms with van der Waals surface area (Å²) in [4.78, 5) is -0.0535. The molecule has 0 saturated carbocycles. The number of aryl methyl sites for hydroxylation is 1. The second-order valence-electron chi connectivity index (χ2n) is 4.47. The molecule has 0 atom stereocenters. The summed E-state index contributed by atoms with van der Waals surface area (Å²) in [5, 5.41) is 0. The van der Waals surface area contributed by atoms with Gasteiger partial charge in [0.05, 0.1) is 4.90 Å². The minimum Gasteiger partial charge on any atom is -0.492 e. The fourth-order valence-corrected chi connectivity index (χ4v) is 3.07. The van der Waals surface area contributed by atoms with Crippen molar-refractivity contribution in [3.8, 4) is 5.75 Å². The molecular weight excluding hydrogens is 293 g/mol. The fraction of sp³-hybridized carbons (Fsp3) is 0.200. The first-order valence-electron chi connectivity index (χ1n) is 6.43. The van der Waals surface area contributed by atoms with Crippen LogP contribution in [0, 0.1) is 12.7 Å². The number of halogens is 1. The van der Waals surface area contributed by atoms with Gasteiger partial charge in [-0.3, -0.25) is 0 Å². The highest BCUT2D eigenvalue weighted by Gasteiger charge is 2.16. The van der Waals surface area contributed by atoms with Crippen LogP contribution in [0.3, 0.4) is 0 Å². The predicted molar refractivity (Wildman–Crippen MR) is 78.3 cm³/mol. The van der Waals surface area contributed by atoms with Crippen LogP contribution in [0.1, 0.15) is 5.56 Å². The number of hydrogen-bond acceptors (Lipinski definition) is 3. The predicted octanol–water partition coefficient (Wildman–Crippen LogP) is 2.49. The van der Waals surface area contributed by atoms with Crippen molar-refractivity contribution in [2.24, 2.45) is 0 Å². The van der Waals surface area contributed by atoms with Crippen molar-refractivity contribution < 1.29 is 17.5 Å². The van der Waals surface area contributed by atoms with Crippen molar-refractivity contribution in [1.29, 1.82) is 0 Å². The molecule has 0 bridgehead atoms. The van der Waals surface area contributed by atoms with Crippen LogP contribution in [-0.4, -0.2) is 21.6 Å². The highest BCUT2D eigenvalue weighted by atomic mass is 32.2. The number of nitrogens with one attached hydrogen (secondary N) is 1. The molecule has 2 aromatic rings. The molecule has 0 saturated heterocycles. The summed E-state index contributed by atoms with van der Waals surface area (Å²) >= 11 is 0. The van der Waals surface area contributed by atoms with Gasteiger partial charge < -0.3 is 4.74 Å². The summed E-state index contributed by atoms with van der Waals surface area (Å²) in [6.07, 6.45) is 0. The second kappa shape index (κ2) is 6.69. The van der Waals surface area contributed by atoms with Crippen LogP contribution >= 0.6 is 0 Å². The zero-order valence-corrected chi connectivity index (χ0v) is 12.4. The Labute approximate surface area is 123 Å². The lowest BCUT2D eigenvalue weighted by molar-refractivity contribution is 0.323. The third-order valence-electron chi connectivity index (χ3n) is 2.85. The zero-order chi connectivity index (χ0) is 15.3. The maximum atomic E-state index is 13.2. The molecule has 0 unspecified atom stereocenters. The van der Waals surface area contributed by atoms with Gasteiger partial charge in [0.15, 0.2) is 0 Å². The van der Waals surface area contributed by atoms with E-state index in [2.05, 4.69) is 4.72 Å². The minimum absolute atomic E-state index is 0.0535. The second-order valence-corrected chi connectivity index (χ2v) is 6.20. The average Bonchev–Trinajstić information content (AvgIpc) is 2.47. The summed E-state index contributed by atoms with van der Waals surface area (Å²) in [5.41, 5.74) is 0.493. The minimum atomic E-state index is -3.74. The van der Waals surface area contributed by atoms with Crippen molar-refractivity contribution in [1.82, 2.24) is 4.72 Å². The first-order chi connectivity index (χ1) is 9.99. The Hall–Kier alpha value is -1.92. The Balaban J connectivity index is 1.94. The maximum Gasteiger partial charge on any atom is 0.241 e. The van der Waals surface area contributed by atoms with E-state index in [1.165, 1.54) is 12.1 Å². The van der Waals surface area contributed by atoms with Gasteiger partial charge in [0.2, 0.25) is 10.0 Å². The number of hydrogen-bond donors (Lipinski definition) is 1. The monoisotopic (exact) mass is 309 g/mol. The Morgan fingerprint density at radius 2 is 1.86 bits per heavy atom. The molecule has 0 amide bonds. The molecule has 0 aromatic heterocycles. The molecule has 0 fully saturated rings. The van der Waals surface area contributed by atoms with E-state index in [0.717, 1.165) is 6.07 Å². The Bertz CT molecular complexity index is 702. The highest BCUT2D eigenvalue weighted by Crippen LogP contribution is 2.16. The third kappa shape index (κ3) is 4.27. The van der Waals surface area contributed by atoms with Crippen LogP contribution in [0.5, 0.6) is 5.75 Å². The van der Waals surface area contributed by atoms with Gasteiger partial charge in [-0.15, -0.1) is 0 Å². The molecule has 6 heteroatoms. The van der Waals surface area contributed by atoms with Crippen LogP contribution < -0.4 is 9.46 Å². The normalized spacial score (nSPS) is 11.3. The maximum absolute atomic E-state index is 13.2. The quantitative estimate of drug-likeness (QED) is 0.834. The Kier molecular flexibility index (Phi) is 4.93. The molecule has 0 aliphatic carbocycles. The van der Waals surface area contributed by atoms with E-state index in [4.69, 9.17) is 4.74 Å². The van der Waals surface area contributed by atoms with E-state index >= 15 is 0 Å². The van der Waals surface area contributed by atoms with Crippen molar-refractivity contribution in [2.75, 3.05) is 13.2 Å². The van der Waals surface area contributed by atoms with Crippen LogP contribution in [0.15, 0.2) is 53.4 Å². The summed E-state index contributed by atoms with van der Waals surface area (Å²) in [6.45, 7) is 1.92. The van der Waals surface area contributed by atoms with Gasteiger partial charge in [0, 0.05) is 6.54 Å². The van der Waals surface area contributed by atoms with Gasteiger partial charge >= 0.3 is 0 Å². The topological polar surface area (TPSA) is 55.4 Å². The molecular formula is C15H16FNO3S. The molecule has 0 aliphatic heterocycles. The SMILES string of the molecule is Cc1ccc(F)cc1S(=O)(=O)NCCOc1ccccc1. The molecule has 2 rings (SSSR count). The fourth-order valence-electron chi connectivity index (χ4n) is 1.80. The third-order valence-corrected chi connectivity index (χ3v) is 4.45. The Morgan fingerprint density at radius 3 is 2.57 bits per heavy atom. The van der Waals surface area contributed by atoms with Crippen molar-refractivity contribution in [3.05, 3.63) is 59.9 Å². The number of para-hydroxylation sites is 1. The molecule has 4 nitrogen and oxygen atoms in total. The lowest BCUT2D eigenvalue weighted by Crippen LogP contribution is -2.28. The number of ether oxygens (including phenoxy) is 1. The average molecular weight is 309 g/mol. The molecule has 1 N–H and O–H groups in total. The van der Waals surface area contributed by atoms with Crippen LogP contribution in [0.4, 0.5) is 4.39 Å². The molecule has 2 aromatic carbocycles. The van der Waals surface area contributed by atoms with Crippen molar-refractivity contribution >= 4 is 10.0 Å². The van der Waals surface area contributed by atoms with Gasteiger partial charge in [0.25, 0.3) is 0 Å². The van der Waals surface area contributed by atoms with Gasteiger partial charge in [-0.1, -0.05) is 24.3 Å². The molecule has 0 spiro atoms. The number of benzene rings is 2. The van der Waals surface area contributed by atoms with Gasteiger partial charge in [-0.2, -0.15) is 0 Å². The van der Waals surface area contributed by atoms with Gasteiger partial charge in [-0.05, 0) is 36.8 Å². The summed E-state index contributed by atoms with van der Waals surface area (Å²) < 4.78 is 45.1. The lowest BCUT2D eigenvalue weighted by Gasteiger charge is -2.10. The number of rotatable bonds is 6. The van der Waals surface area contributed by atoms with E-state index in [1.54, 1.807) is 19.1 Å². The molecule has 112 valence electrons. The van der Waals surface area contributed by atoms with E-state index in [0.29, 0.717) is 11.3 Å². The van der Waals surface area contributed by atoms with Crippen LogP contribution in [0.25, 0.3) is 0 Å². The highest BCUT2D eigenvalue weighted by molar-refractivity contribution is 7.89.